The van der Waals surface area contributed by atoms with Crippen molar-refractivity contribution >= 4 is 27.9 Å². The molecule has 1 aliphatic rings. The van der Waals surface area contributed by atoms with E-state index in [1.807, 2.05) is 43.3 Å². The lowest BCUT2D eigenvalue weighted by Gasteiger charge is -2.30. The highest BCUT2D eigenvalue weighted by atomic mass is 79.9. The van der Waals surface area contributed by atoms with Crippen LogP contribution in [-0.4, -0.2) is 32.8 Å². The zero-order valence-corrected chi connectivity index (χ0v) is 21.4. The summed E-state index contributed by atoms with van der Waals surface area (Å²) in [6.45, 7) is 6.17. The number of benzene rings is 2. The van der Waals surface area contributed by atoms with E-state index >= 15 is 0 Å². The predicted molar refractivity (Wildman–Crippen MR) is 131 cm³/mol. The van der Waals surface area contributed by atoms with Crippen LogP contribution < -0.4 is 14.8 Å². The molecule has 0 spiro atoms. The van der Waals surface area contributed by atoms with Crippen molar-refractivity contribution in [3.8, 4) is 11.5 Å². The molecule has 8 heteroatoms. The first-order valence-electron chi connectivity index (χ1n) is 10.8. The summed E-state index contributed by atoms with van der Waals surface area (Å²) in [5, 5.41) is 3.10. The minimum Gasteiger partial charge on any atom is -0.490 e. The summed E-state index contributed by atoms with van der Waals surface area (Å²) in [7, 11) is 2.62. The van der Waals surface area contributed by atoms with Crippen LogP contribution in [0.5, 0.6) is 11.5 Å². The lowest BCUT2D eigenvalue weighted by molar-refractivity contribution is -0.137. The van der Waals surface area contributed by atoms with Crippen LogP contribution in [0.15, 0.2) is 69.5 Å². The lowest BCUT2D eigenvalue weighted by Crippen LogP contribution is -2.32. The highest BCUT2D eigenvalue weighted by molar-refractivity contribution is 9.10. The summed E-state index contributed by atoms with van der Waals surface area (Å²) in [6.07, 6.45) is 0. The second-order valence-corrected chi connectivity index (χ2v) is 8.51. The van der Waals surface area contributed by atoms with Crippen LogP contribution in [0.1, 0.15) is 37.8 Å². The number of dihydropyridines is 1. The van der Waals surface area contributed by atoms with Gasteiger partial charge < -0.3 is 24.3 Å². The van der Waals surface area contributed by atoms with Gasteiger partial charge in [-0.2, -0.15) is 0 Å². The molecule has 1 aliphatic heterocycles. The second-order valence-electron chi connectivity index (χ2n) is 7.66. The molecule has 0 radical (unpaired) electrons. The Morgan fingerprint density at radius 3 is 2.06 bits per heavy atom. The molecule has 2 aromatic rings. The normalized spacial score (nSPS) is 13.9. The van der Waals surface area contributed by atoms with Gasteiger partial charge in [0.2, 0.25) is 0 Å². The summed E-state index contributed by atoms with van der Waals surface area (Å²) >= 11 is 3.60. The molecule has 0 aliphatic carbocycles. The van der Waals surface area contributed by atoms with Crippen LogP contribution in [0.4, 0.5) is 0 Å². The van der Waals surface area contributed by atoms with Crippen molar-refractivity contribution in [3.63, 3.8) is 0 Å². The maximum absolute atomic E-state index is 12.8. The Balaban J connectivity index is 2.13. The van der Waals surface area contributed by atoms with E-state index in [-0.39, 0.29) is 0 Å². The third-order valence-electron chi connectivity index (χ3n) is 5.46. The molecule has 0 atom stereocenters. The molecule has 180 valence electrons. The monoisotopic (exact) mass is 529 g/mol. The van der Waals surface area contributed by atoms with Gasteiger partial charge in [-0.05, 0) is 60.0 Å². The molecular weight excluding hydrogens is 502 g/mol. The zero-order valence-electron chi connectivity index (χ0n) is 19.9. The second kappa shape index (κ2) is 11.2. The van der Waals surface area contributed by atoms with Gasteiger partial charge in [-0.25, -0.2) is 9.59 Å². The van der Waals surface area contributed by atoms with Gasteiger partial charge in [-0.3, -0.25) is 0 Å². The Kier molecular flexibility index (Phi) is 8.39. The first-order valence-corrected chi connectivity index (χ1v) is 11.6. The average Bonchev–Trinajstić information content (AvgIpc) is 2.82. The van der Waals surface area contributed by atoms with Crippen molar-refractivity contribution in [2.24, 2.45) is 0 Å². The number of nitrogens with one attached hydrogen (secondary N) is 1. The molecule has 0 fully saturated rings. The van der Waals surface area contributed by atoms with Crippen molar-refractivity contribution < 1.29 is 28.5 Å². The number of carbonyl (C=O) groups is 2. The van der Waals surface area contributed by atoms with Crippen molar-refractivity contribution in [2.75, 3.05) is 20.8 Å². The maximum atomic E-state index is 12.8. The van der Waals surface area contributed by atoms with Crippen LogP contribution in [0.2, 0.25) is 0 Å². The topological polar surface area (TPSA) is 83.1 Å². The fourth-order valence-electron chi connectivity index (χ4n) is 3.98. The largest absolute Gasteiger partial charge is 0.490 e. The fraction of sp³-hybridized carbons (Fsp3) is 0.308. The molecule has 1 N–H and O–H groups in total. The van der Waals surface area contributed by atoms with Crippen molar-refractivity contribution in [3.05, 3.63) is 80.6 Å². The molecule has 0 bridgehead atoms. The molecule has 0 saturated carbocycles. The number of hydrogen-bond acceptors (Lipinski definition) is 7. The smallest absolute Gasteiger partial charge is 0.336 e. The molecule has 3 rings (SSSR count). The van der Waals surface area contributed by atoms with E-state index < -0.39 is 17.9 Å². The molecule has 0 saturated heterocycles. The minimum absolute atomic E-state index is 0.320. The summed E-state index contributed by atoms with van der Waals surface area (Å²) in [6, 6.07) is 13.4. The van der Waals surface area contributed by atoms with Crippen molar-refractivity contribution in [2.45, 2.75) is 33.3 Å². The molecular formula is C26H28BrNO6. The van der Waals surface area contributed by atoms with Gasteiger partial charge in [0.15, 0.2) is 11.5 Å². The van der Waals surface area contributed by atoms with Gasteiger partial charge >= 0.3 is 11.9 Å². The lowest BCUT2D eigenvalue weighted by atomic mass is 9.80. The Labute approximate surface area is 207 Å². The molecule has 0 unspecified atom stereocenters. The van der Waals surface area contributed by atoms with E-state index in [2.05, 4.69) is 21.2 Å². The summed E-state index contributed by atoms with van der Waals surface area (Å²) < 4.78 is 22.7. The standard InChI is InChI=1S/C26H28BrNO6/c1-6-33-20-13-18(12-19(27)24(20)34-14-17-10-8-7-9-11-17)23-21(25(29)31-4)15(2)28-16(3)22(23)26(30)32-5/h7-13,23,28H,6,14H2,1-5H3. The van der Waals surface area contributed by atoms with Crippen molar-refractivity contribution in [1.29, 1.82) is 0 Å². The van der Waals surface area contributed by atoms with E-state index in [1.165, 1.54) is 14.2 Å². The van der Waals surface area contributed by atoms with Crippen LogP contribution in [-0.2, 0) is 25.7 Å². The van der Waals surface area contributed by atoms with Crippen LogP contribution in [0.25, 0.3) is 0 Å². The average molecular weight is 530 g/mol. The number of esters is 2. The molecule has 1 heterocycles. The number of allylic oxidation sites excluding steroid dienone is 2. The number of hydrogen-bond donors (Lipinski definition) is 1. The first kappa shape index (κ1) is 25.4. The van der Waals surface area contributed by atoms with E-state index in [0.717, 1.165) is 5.56 Å². The number of ether oxygens (including phenoxy) is 4. The van der Waals surface area contributed by atoms with Crippen LogP contribution >= 0.6 is 15.9 Å². The minimum atomic E-state index is -0.722. The van der Waals surface area contributed by atoms with Crippen molar-refractivity contribution in [1.82, 2.24) is 5.32 Å². The summed E-state index contributed by atoms with van der Waals surface area (Å²) in [5.41, 5.74) is 3.50. The SMILES string of the molecule is CCOc1cc(C2C(C(=O)OC)=C(C)NC(C)=C2C(=O)OC)cc(Br)c1OCc1ccccc1. The number of carbonyl (C=O) groups excluding carboxylic acids is 2. The number of methoxy groups -OCH3 is 2. The summed E-state index contributed by atoms with van der Waals surface area (Å²) in [4.78, 5) is 25.6. The van der Waals surface area contributed by atoms with Crippen LogP contribution in [0.3, 0.4) is 0 Å². The molecule has 34 heavy (non-hydrogen) atoms. The van der Waals surface area contributed by atoms with Crippen LogP contribution in [0, 0.1) is 0 Å². The van der Waals surface area contributed by atoms with Gasteiger partial charge in [0.25, 0.3) is 0 Å². The number of rotatable bonds is 8. The van der Waals surface area contributed by atoms with Gasteiger partial charge in [0.05, 0.1) is 42.4 Å². The van der Waals surface area contributed by atoms with E-state index in [0.29, 0.717) is 57.3 Å². The molecule has 0 amide bonds. The Morgan fingerprint density at radius 2 is 1.53 bits per heavy atom. The molecule has 2 aromatic carbocycles. The first-order chi connectivity index (χ1) is 16.3. The predicted octanol–water partition coefficient (Wildman–Crippen LogP) is 5.01. The van der Waals surface area contributed by atoms with Gasteiger partial charge in [-0.1, -0.05) is 30.3 Å². The molecule has 0 aromatic heterocycles. The Morgan fingerprint density at radius 1 is 0.941 bits per heavy atom. The Hall–Kier alpha value is -3.26. The third-order valence-corrected chi connectivity index (χ3v) is 6.05. The zero-order chi connectivity index (χ0) is 24.8. The van der Waals surface area contributed by atoms with E-state index in [9.17, 15) is 9.59 Å². The van der Waals surface area contributed by atoms with E-state index in [1.54, 1.807) is 19.9 Å². The third kappa shape index (κ3) is 5.28. The van der Waals surface area contributed by atoms with Gasteiger partial charge in [-0.15, -0.1) is 0 Å². The summed E-state index contributed by atoms with van der Waals surface area (Å²) in [5.74, 6) is -0.779. The highest BCUT2D eigenvalue weighted by Gasteiger charge is 2.38. The number of halogens is 1. The maximum Gasteiger partial charge on any atom is 0.336 e. The highest BCUT2D eigenvalue weighted by Crippen LogP contribution is 2.45. The fourth-order valence-corrected chi connectivity index (χ4v) is 4.55. The van der Waals surface area contributed by atoms with E-state index in [4.69, 9.17) is 18.9 Å². The van der Waals surface area contributed by atoms with Gasteiger partial charge in [0.1, 0.15) is 6.61 Å². The molecule has 7 nitrogen and oxygen atoms in total. The van der Waals surface area contributed by atoms with Gasteiger partial charge in [0, 0.05) is 11.4 Å². The quantitative estimate of drug-likeness (QED) is 0.481. The Bertz CT molecular complexity index is 1100.